The number of Topliss-reactive ketones (excluding diaryl/α,β-unsaturated/α-hetero) is 1. The minimum Gasteiger partial charge on any atom is -0.490 e. The molecule has 0 spiro atoms. The molecule has 0 aliphatic rings. The molecule has 0 saturated carbocycles. The molecule has 1 amide bonds. The molecule has 0 bridgehead atoms. The molecule has 0 radical (unpaired) electrons. The molecule has 0 aliphatic heterocycles. The van der Waals surface area contributed by atoms with Crippen molar-refractivity contribution in [2.75, 3.05) is 19.8 Å². The van der Waals surface area contributed by atoms with Gasteiger partial charge in [0.2, 0.25) is 5.91 Å². The molecule has 144 valence electrons. The van der Waals surface area contributed by atoms with E-state index in [0.717, 1.165) is 11.3 Å². The highest BCUT2D eigenvalue weighted by atomic mass is 32.1. The predicted octanol–water partition coefficient (Wildman–Crippen LogP) is 3.15. The zero-order valence-electron chi connectivity index (χ0n) is 15.2. The molecule has 0 atom stereocenters. The largest absolute Gasteiger partial charge is 0.490 e. The number of hydrogen-bond acceptors (Lipinski definition) is 6. The number of amides is 1. The highest BCUT2D eigenvalue weighted by Gasteiger charge is 2.10. The fourth-order valence-electron chi connectivity index (χ4n) is 2.20. The van der Waals surface area contributed by atoms with Crippen molar-refractivity contribution >= 4 is 29.0 Å². The van der Waals surface area contributed by atoms with Gasteiger partial charge in [-0.1, -0.05) is 23.8 Å². The number of hydrogen-bond donors (Lipinski definition) is 1. The van der Waals surface area contributed by atoms with Gasteiger partial charge in [0.15, 0.2) is 5.78 Å². The Balaban J connectivity index is 1.50. The van der Waals surface area contributed by atoms with Crippen LogP contribution < -0.4 is 10.1 Å². The number of carbonyl (C=O) groups is 3. The molecule has 0 aliphatic carbocycles. The van der Waals surface area contributed by atoms with Crippen LogP contribution >= 0.6 is 11.3 Å². The number of aryl methyl sites for hydroxylation is 1. The van der Waals surface area contributed by atoms with E-state index in [2.05, 4.69) is 5.32 Å². The molecular formula is C20H23NO5S. The van der Waals surface area contributed by atoms with Gasteiger partial charge in [-0.05, 0) is 30.5 Å². The number of rotatable bonds is 11. The molecule has 1 N–H and O–H groups in total. The van der Waals surface area contributed by atoms with Gasteiger partial charge in [-0.3, -0.25) is 14.4 Å². The van der Waals surface area contributed by atoms with Gasteiger partial charge in [0, 0.05) is 19.4 Å². The van der Waals surface area contributed by atoms with Gasteiger partial charge in [-0.25, -0.2) is 0 Å². The first-order valence-electron chi connectivity index (χ1n) is 8.73. The topological polar surface area (TPSA) is 81.7 Å². The van der Waals surface area contributed by atoms with Crippen LogP contribution in [0.3, 0.4) is 0 Å². The minimum atomic E-state index is -0.405. The molecule has 0 saturated heterocycles. The number of thiophene rings is 1. The molecule has 7 heteroatoms. The van der Waals surface area contributed by atoms with Crippen LogP contribution in [0.1, 0.15) is 34.5 Å². The van der Waals surface area contributed by atoms with E-state index in [-0.39, 0.29) is 50.7 Å². The van der Waals surface area contributed by atoms with Crippen LogP contribution in [0.4, 0.5) is 0 Å². The van der Waals surface area contributed by atoms with Crippen molar-refractivity contribution in [1.29, 1.82) is 0 Å². The lowest BCUT2D eigenvalue weighted by Crippen LogP contribution is -2.27. The molecule has 2 aromatic rings. The lowest BCUT2D eigenvalue weighted by molar-refractivity contribution is -0.144. The summed E-state index contributed by atoms with van der Waals surface area (Å²) in [5.74, 6) is 0.0158. The average Bonchev–Trinajstić information content (AvgIpc) is 3.19. The number of benzene rings is 1. The van der Waals surface area contributed by atoms with Gasteiger partial charge < -0.3 is 14.8 Å². The normalized spacial score (nSPS) is 10.3. The molecule has 1 aromatic heterocycles. The van der Waals surface area contributed by atoms with Gasteiger partial charge in [0.1, 0.15) is 19.0 Å². The fourth-order valence-corrected chi connectivity index (χ4v) is 2.90. The Hall–Kier alpha value is -2.67. The summed E-state index contributed by atoms with van der Waals surface area (Å²) in [6.45, 7) is 2.59. The van der Waals surface area contributed by atoms with E-state index in [1.165, 1.54) is 11.3 Å². The quantitative estimate of drug-likeness (QED) is 0.363. The highest BCUT2D eigenvalue weighted by Crippen LogP contribution is 2.12. The minimum absolute atomic E-state index is 0.0480. The predicted molar refractivity (Wildman–Crippen MR) is 103 cm³/mol. The Labute approximate surface area is 162 Å². The Kier molecular flexibility index (Phi) is 8.51. The number of carbonyl (C=O) groups excluding carboxylic acids is 3. The number of ketones is 1. The maximum Gasteiger partial charge on any atom is 0.307 e. The summed E-state index contributed by atoms with van der Waals surface area (Å²) >= 11 is 1.36. The zero-order chi connectivity index (χ0) is 19.5. The van der Waals surface area contributed by atoms with Crippen LogP contribution in [0.2, 0.25) is 0 Å². The van der Waals surface area contributed by atoms with Crippen LogP contribution in [-0.4, -0.2) is 37.4 Å². The number of esters is 1. The second-order valence-electron chi connectivity index (χ2n) is 5.88. The van der Waals surface area contributed by atoms with Crippen LogP contribution in [0.15, 0.2) is 41.8 Å². The third-order valence-corrected chi connectivity index (χ3v) is 4.57. The Bertz CT molecular complexity index is 740. The second kappa shape index (κ2) is 11.1. The van der Waals surface area contributed by atoms with Crippen molar-refractivity contribution in [3.8, 4) is 5.75 Å². The van der Waals surface area contributed by atoms with E-state index in [1.807, 2.05) is 36.6 Å². The lowest BCUT2D eigenvalue weighted by Gasteiger charge is -2.08. The maximum atomic E-state index is 11.8. The third kappa shape index (κ3) is 8.04. The van der Waals surface area contributed by atoms with E-state index < -0.39 is 5.97 Å². The smallest absolute Gasteiger partial charge is 0.307 e. The SMILES string of the molecule is Cc1ccc(OCCOC(=O)CCNC(=O)CCC(=O)c2cccs2)cc1. The van der Waals surface area contributed by atoms with E-state index in [9.17, 15) is 14.4 Å². The van der Waals surface area contributed by atoms with E-state index in [0.29, 0.717) is 4.88 Å². The number of nitrogens with one attached hydrogen (secondary N) is 1. The van der Waals surface area contributed by atoms with Crippen LogP contribution in [-0.2, 0) is 14.3 Å². The Morgan fingerprint density at radius 2 is 1.78 bits per heavy atom. The molecule has 1 aromatic carbocycles. The van der Waals surface area contributed by atoms with Gasteiger partial charge in [0.05, 0.1) is 11.3 Å². The molecule has 2 rings (SSSR count). The average molecular weight is 389 g/mol. The standard InChI is InChI=1S/C20H23NO5S/c1-15-4-6-16(7-5-15)25-12-13-26-20(24)10-11-21-19(23)9-8-17(22)18-3-2-14-27-18/h2-7,14H,8-13H2,1H3,(H,21,23). The van der Waals surface area contributed by atoms with Crippen LogP contribution in [0, 0.1) is 6.92 Å². The summed E-state index contributed by atoms with van der Waals surface area (Å²) in [6.07, 6.45) is 0.346. The van der Waals surface area contributed by atoms with Gasteiger partial charge in [0.25, 0.3) is 0 Å². The maximum absolute atomic E-state index is 11.8. The highest BCUT2D eigenvalue weighted by molar-refractivity contribution is 7.12. The first-order valence-corrected chi connectivity index (χ1v) is 9.61. The summed E-state index contributed by atoms with van der Waals surface area (Å²) in [5.41, 5.74) is 1.15. The summed E-state index contributed by atoms with van der Waals surface area (Å²) in [6, 6.07) is 11.1. The fraction of sp³-hybridized carbons (Fsp3) is 0.350. The van der Waals surface area contributed by atoms with Crippen molar-refractivity contribution in [3.63, 3.8) is 0 Å². The monoisotopic (exact) mass is 389 g/mol. The summed E-state index contributed by atoms with van der Waals surface area (Å²) in [7, 11) is 0. The Morgan fingerprint density at radius 1 is 1.00 bits per heavy atom. The van der Waals surface area contributed by atoms with E-state index in [4.69, 9.17) is 9.47 Å². The third-order valence-electron chi connectivity index (χ3n) is 3.66. The summed E-state index contributed by atoms with van der Waals surface area (Å²) in [5, 5.41) is 4.44. The van der Waals surface area contributed by atoms with Crippen molar-refractivity contribution in [1.82, 2.24) is 5.32 Å². The van der Waals surface area contributed by atoms with Crippen LogP contribution in [0.5, 0.6) is 5.75 Å². The molecular weight excluding hydrogens is 366 g/mol. The molecule has 1 heterocycles. The van der Waals surface area contributed by atoms with Crippen molar-refractivity contribution < 1.29 is 23.9 Å². The van der Waals surface area contributed by atoms with Gasteiger partial charge >= 0.3 is 5.97 Å². The first kappa shape index (κ1) is 20.6. The van der Waals surface area contributed by atoms with E-state index in [1.54, 1.807) is 12.1 Å². The molecule has 0 unspecified atom stereocenters. The second-order valence-corrected chi connectivity index (χ2v) is 6.83. The Morgan fingerprint density at radius 3 is 2.48 bits per heavy atom. The van der Waals surface area contributed by atoms with E-state index >= 15 is 0 Å². The summed E-state index contributed by atoms with van der Waals surface area (Å²) in [4.78, 5) is 35.8. The van der Waals surface area contributed by atoms with Gasteiger partial charge in [-0.15, -0.1) is 11.3 Å². The zero-order valence-corrected chi connectivity index (χ0v) is 16.1. The molecule has 6 nitrogen and oxygen atoms in total. The lowest BCUT2D eigenvalue weighted by atomic mass is 10.2. The molecule has 27 heavy (non-hydrogen) atoms. The first-order chi connectivity index (χ1) is 13.0. The number of ether oxygens (including phenoxy) is 2. The van der Waals surface area contributed by atoms with Crippen molar-refractivity contribution in [3.05, 3.63) is 52.2 Å². The summed E-state index contributed by atoms with van der Waals surface area (Å²) < 4.78 is 10.5. The van der Waals surface area contributed by atoms with Crippen LogP contribution in [0.25, 0.3) is 0 Å². The van der Waals surface area contributed by atoms with Gasteiger partial charge in [-0.2, -0.15) is 0 Å². The van der Waals surface area contributed by atoms with Crippen molar-refractivity contribution in [2.45, 2.75) is 26.2 Å². The molecule has 0 fully saturated rings. The van der Waals surface area contributed by atoms with Crippen molar-refractivity contribution in [2.24, 2.45) is 0 Å².